The Kier molecular flexibility index (Phi) is 2.71. The lowest BCUT2D eigenvalue weighted by atomic mass is 10.3. The van der Waals surface area contributed by atoms with Crippen molar-refractivity contribution in [1.29, 1.82) is 0 Å². The van der Waals surface area contributed by atoms with Gasteiger partial charge in [0.15, 0.2) is 5.76 Å². The molecule has 4 rings (SSSR count). The number of hydrogen-bond acceptors (Lipinski definition) is 7. The summed E-state index contributed by atoms with van der Waals surface area (Å²) in [4.78, 5) is 7.30. The Bertz CT molecular complexity index is 745. The van der Waals surface area contributed by atoms with Crippen LogP contribution in [0.2, 0.25) is 0 Å². The molecule has 20 heavy (non-hydrogen) atoms. The first-order chi connectivity index (χ1) is 9.90. The average Bonchev–Trinajstić information content (AvgIpc) is 3.22. The van der Waals surface area contributed by atoms with E-state index in [2.05, 4.69) is 15.3 Å². The second kappa shape index (κ2) is 4.69. The molecule has 0 saturated heterocycles. The molecular weight excluding hydrogens is 294 g/mol. The van der Waals surface area contributed by atoms with E-state index in [1.807, 2.05) is 35.7 Å². The van der Waals surface area contributed by atoms with Gasteiger partial charge < -0.3 is 9.05 Å². The molecule has 7 heteroatoms. The van der Waals surface area contributed by atoms with Crippen LogP contribution >= 0.6 is 22.7 Å². The van der Waals surface area contributed by atoms with Crippen molar-refractivity contribution < 1.29 is 9.05 Å². The first-order valence-corrected chi connectivity index (χ1v) is 7.48. The standard InChI is InChI=1S/C13H7N3O2S2/c1-2-11(19-7-1)13-15-12(16-18-13)10-4-3-9(20-10)8-5-6-14-17-8/h1-7H. The largest absolute Gasteiger partial charge is 0.355 e. The van der Waals surface area contributed by atoms with Gasteiger partial charge in [-0.2, -0.15) is 4.98 Å². The summed E-state index contributed by atoms with van der Waals surface area (Å²) in [5.41, 5.74) is 0. The maximum absolute atomic E-state index is 5.28. The van der Waals surface area contributed by atoms with Crippen LogP contribution in [0.1, 0.15) is 0 Å². The number of nitrogens with zero attached hydrogens (tertiary/aromatic N) is 3. The molecule has 4 heterocycles. The predicted octanol–water partition coefficient (Wildman–Crippen LogP) is 4.18. The van der Waals surface area contributed by atoms with Gasteiger partial charge in [-0.25, -0.2) is 0 Å². The van der Waals surface area contributed by atoms with Crippen molar-refractivity contribution in [2.75, 3.05) is 0 Å². The van der Waals surface area contributed by atoms with E-state index in [-0.39, 0.29) is 0 Å². The van der Waals surface area contributed by atoms with Crippen molar-refractivity contribution in [2.24, 2.45) is 0 Å². The molecule has 4 aromatic heterocycles. The zero-order valence-corrected chi connectivity index (χ0v) is 11.6. The van der Waals surface area contributed by atoms with Gasteiger partial charge in [0.1, 0.15) is 0 Å². The molecule has 0 bridgehead atoms. The average molecular weight is 301 g/mol. The normalized spacial score (nSPS) is 11.0. The first kappa shape index (κ1) is 11.6. The summed E-state index contributed by atoms with van der Waals surface area (Å²) < 4.78 is 10.4. The Morgan fingerprint density at radius 3 is 2.70 bits per heavy atom. The number of hydrogen-bond donors (Lipinski definition) is 0. The van der Waals surface area contributed by atoms with Crippen LogP contribution in [0.5, 0.6) is 0 Å². The van der Waals surface area contributed by atoms with Crippen LogP contribution in [0, 0.1) is 0 Å². The van der Waals surface area contributed by atoms with E-state index in [9.17, 15) is 0 Å². The Hall–Kier alpha value is -2.25. The Balaban J connectivity index is 1.68. The highest BCUT2D eigenvalue weighted by atomic mass is 32.1. The first-order valence-electron chi connectivity index (χ1n) is 5.79. The van der Waals surface area contributed by atoms with Gasteiger partial charge in [-0.1, -0.05) is 16.4 Å². The fourth-order valence-electron chi connectivity index (χ4n) is 1.76. The Morgan fingerprint density at radius 2 is 1.90 bits per heavy atom. The summed E-state index contributed by atoms with van der Waals surface area (Å²) >= 11 is 3.11. The van der Waals surface area contributed by atoms with Crippen molar-refractivity contribution in [3.63, 3.8) is 0 Å². The molecule has 98 valence electrons. The molecule has 4 aromatic rings. The third-order valence-corrected chi connectivity index (χ3v) is 4.62. The van der Waals surface area contributed by atoms with Gasteiger partial charge in [-0.05, 0) is 23.6 Å². The highest BCUT2D eigenvalue weighted by molar-refractivity contribution is 7.18. The fraction of sp³-hybridized carbons (Fsp3) is 0. The maximum atomic E-state index is 5.28. The lowest BCUT2D eigenvalue weighted by molar-refractivity contribution is 0.433. The van der Waals surface area contributed by atoms with E-state index >= 15 is 0 Å². The summed E-state index contributed by atoms with van der Waals surface area (Å²) in [5, 5.41) is 9.70. The van der Waals surface area contributed by atoms with Gasteiger partial charge in [-0.15, -0.1) is 22.7 Å². The summed E-state index contributed by atoms with van der Waals surface area (Å²) in [7, 11) is 0. The van der Waals surface area contributed by atoms with E-state index in [1.165, 1.54) is 11.3 Å². The molecule has 0 fully saturated rings. The van der Waals surface area contributed by atoms with Gasteiger partial charge in [0, 0.05) is 6.07 Å². The molecule has 0 N–H and O–H groups in total. The van der Waals surface area contributed by atoms with E-state index in [4.69, 9.17) is 9.05 Å². The second-order valence-electron chi connectivity index (χ2n) is 3.94. The smallest absolute Gasteiger partial charge is 0.268 e. The molecular formula is C13H7N3O2S2. The zero-order valence-electron chi connectivity index (χ0n) is 10.0. The molecule has 0 radical (unpaired) electrons. The third-order valence-electron chi connectivity index (χ3n) is 2.67. The third kappa shape index (κ3) is 1.97. The topological polar surface area (TPSA) is 65.0 Å². The summed E-state index contributed by atoms with van der Waals surface area (Å²) in [5.74, 6) is 1.87. The van der Waals surface area contributed by atoms with Crippen LogP contribution in [0.3, 0.4) is 0 Å². The van der Waals surface area contributed by atoms with E-state index in [1.54, 1.807) is 17.5 Å². The molecule has 0 saturated carbocycles. The molecule has 0 amide bonds. The minimum atomic E-state index is 0.546. The van der Waals surface area contributed by atoms with Gasteiger partial charge in [0.2, 0.25) is 5.82 Å². The highest BCUT2D eigenvalue weighted by Gasteiger charge is 2.14. The van der Waals surface area contributed by atoms with Gasteiger partial charge in [0.05, 0.1) is 20.8 Å². The van der Waals surface area contributed by atoms with E-state index in [0.29, 0.717) is 11.7 Å². The molecule has 0 spiro atoms. The lowest BCUT2D eigenvalue weighted by Gasteiger charge is -1.86. The quantitative estimate of drug-likeness (QED) is 0.568. The minimum absolute atomic E-state index is 0.546. The monoisotopic (exact) mass is 301 g/mol. The minimum Gasteiger partial charge on any atom is -0.355 e. The SMILES string of the molecule is c1csc(-c2nc(-c3ccc(-c4ccno4)s3)no2)c1. The second-order valence-corrected chi connectivity index (χ2v) is 5.97. The zero-order chi connectivity index (χ0) is 13.4. The van der Waals surface area contributed by atoms with Gasteiger partial charge >= 0.3 is 0 Å². The van der Waals surface area contributed by atoms with Crippen molar-refractivity contribution in [3.8, 4) is 32.1 Å². The Morgan fingerprint density at radius 1 is 0.950 bits per heavy atom. The number of aromatic nitrogens is 3. The molecule has 5 nitrogen and oxygen atoms in total. The lowest BCUT2D eigenvalue weighted by Crippen LogP contribution is -1.74. The van der Waals surface area contributed by atoms with Crippen LogP contribution in [0.4, 0.5) is 0 Å². The van der Waals surface area contributed by atoms with Crippen molar-refractivity contribution in [3.05, 3.63) is 41.9 Å². The fourth-order valence-corrected chi connectivity index (χ4v) is 3.29. The van der Waals surface area contributed by atoms with E-state index in [0.717, 1.165) is 20.4 Å². The van der Waals surface area contributed by atoms with Crippen LogP contribution < -0.4 is 0 Å². The molecule has 0 aliphatic carbocycles. The number of rotatable bonds is 3. The molecule has 0 atom stereocenters. The van der Waals surface area contributed by atoms with Crippen LogP contribution in [-0.2, 0) is 0 Å². The highest BCUT2D eigenvalue weighted by Crippen LogP contribution is 2.34. The maximum Gasteiger partial charge on any atom is 0.268 e. The summed E-state index contributed by atoms with van der Waals surface area (Å²) in [6, 6.07) is 9.64. The van der Waals surface area contributed by atoms with Gasteiger partial charge in [0.25, 0.3) is 5.89 Å². The van der Waals surface area contributed by atoms with Crippen LogP contribution in [0.25, 0.3) is 32.1 Å². The van der Waals surface area contributed by atoms with Crippen molar-refractivity contribution in [2.45, 2.75) is 0 Å². The predicted molar refractivity (Wildman–Crippen MR) is 76.4 cm³/mol. The molecule has 0 unspecified atom stereocenters. The molecule has 0 aromatic carbocycles. The Labute approximate surface area is 121 Å². The van der Waals surface area contributed by atoms with Crippen LogP contribution in [0.15, 0.2) is 51.0 Å². The molecule has 0 aliphatic heterocycles. The van der Waals surface area contributed by atoms with E-state index < -0.39 is 0 Å². The van der Waals surface area contributed by atoms with Crippen molar-refractivity contribution in [1.82, 2.24) is 15.3 Å². The van der Waals surface area contributed by atoms with Crippen LogP contribution in [-0.4, -0.2) is 15.3 Å². The van der Waals surface area contributed by atoms with Crippen molar-refractivity contribution >= 4 is 22.7 Å². The summed E-state index contributed by atoms with van der Waals surface area (Å²) in [6.07, 6.45) is 1.62. The van der Waals surface area contributed by atoms with Gasteiger partial charge in [-0.3, -0.25) is 0 Å². The molecule has 0 aliphatic rings. The summed E-state index contributed by atoms with van der Waals surface area (Å²) in [6.45, 7) is 0. The number of thiophene rings is 2.